The van der Waals surface area contributed by atoms with E-state index in [1.165, 1.54) is 26.2 Å². The molecule has 2 rings (SSSR count). The lowest BCUT2D eigenvalue weighted by atomic mass is 10.1. The van der Waals surface area contributed by atoms with Crippen LogP contribution in [0.5, 0.6) is 11.5 Å². The number of hydrogen-bond acceptors (Lipinski definition) is 5. The fourth-order valence-corrected chi connectivity index (χ4v) is 3.67. The molecule has 0 saturated heterocycles. The molecule has 28 heavy (non-hydrogen) atoms. The van der Waals surface area contributed by atoms with E-state index in [0.29, 0.717) is 18.0 Å². The Hall–Kier alpha value is -2.58. The summed E-state index contributed by atoms with van der Waals surface area (Å²) < 4.78 is 37.1. The molecule has 0 aromatic heterocycles. The third kappa shape index (κ3) is 5.46. The molecule has 1 N–H and O–H groups in total. The number of aryl methyl sites for hydroxylation is 2. The Morgan fingerprint density at radius 2 is 1.68 bits per heavy atom. The Bertz CT molecular complexity index is 935. The van der Waals surface area contributed by atoms with E-state index in [0.717, 1.165) is 15.4 Å². The normalized spacial score (nSPS) is 11.4. The molecular weight excluding hydrogens is 380 g/mol. The van der Waals surface area contributed by atoms with E-state index >= 15 is 0 Å². The summed E-state index contributed by atoms with van der Waals surface area (Å²) in [5.41, 5.74) is 2.43. The van der Waals surface area contributed by atoms with E-state index in [4.69, 9.17) is 9.47 Å². The third-order valence-electron chi connectivity index (χ3n) is 3.85. The number of anilines is 1. The van der Waals surface area contributed by atoms with Crippen LogP contribution in [-0.4, -0.2) is 45.9 Å². The third-order valence-corrected chi connectivity index (χ3v) is 5.69. The Morgan fingerprint density at radius 3 is 2.25 bits per heavy atom. The smallest absolute Gasteiger partial charge is 0.262 e. The van der Waals surface area contributed by atoms with E-state index in [2.05, 4.69) is 5.32 Å². The first kappa shape index (κ1) is 21.7. The van der Waals surface area contributed by atoms with Gasteiger partial charge in [0.15, 0.2) is 6.61 Å². The van der Waals surface area contributed by atoms with Crippen LogP contribution in [0.25, 0.3) is 0 Å². The van der Waals surface area contributed by atoms with E-state index in [9.17, 15) is 13.2 Å². The van der Waals surface area contributed by atoms with Crippen molar-refractivity contribution >= 4 is 21.6 Å². The molecule has 0 fully saturated rings. The Labute approximate surface area is 166 Å². The maximum absolute atomic E-state index is 12.5. The van der Waals surface area contributed by atoms with Crippen molar-refractivity contribution < 1.29 is 22.7 Å². The zero-order valence-electron chi connectivity index (χ0n) is 16.8. The lowest BCUT2D eigenvalue weighted by Crippen LogP contribution is -2.24. The molecule has 0 aliphatic heterocycles. The second-order valence-electron chi connectivity index (χ2n) is 6.54. The zero-order chi connectivity index (χ0) is 20.9. The minimum Gasteiger partial charge on any atom is -0.492 e. The summed E-state index contributed by atoms with van der Waals surface area (Å²) in [7, 11) is -0.850. The molecule has 0 saturated carbocycles. The number of carbonyl (C=O) groups excluding carboxylic acids is 1. The van der Waals surface area contributed by atoms with Gasteiger partial charge < -0.3 is 14.8 Å². The second kappa shape index (κ2) is 9.07. The van der Waals surface area contributed by atoms with Crippen LogP contribution in [0, 0.1) is 13.8 Å². The van der Waals surface area contributed by atoms with Gasteiger partial charge in [0.2, 0.25) is 10.0 Å². The number of amides is 1. The van der Waals surface area contributed by atoms with E-state index in [1.54, 1.807) is 13.0 Å². The minimum absolute atomic E-state index is 0.00706. The van der Waals surface area contributed by atoms with Gasteiger partial charge in [0.25, 0.3) is 5.91 Å². The van der Waals surface area contributed by atoms with Gasteiger partial charge in [0.05, 0.1) is 6.61 Å². The number of sulfonamides is 1. The van der Waals surface area contributed by atoms with Gasteiger partial charge in [-0.25, -0.2) is 12.7 Å². The van der Waals surface area contributed by atoms with Crippen LogP contribution >= 0.6 is 0 Å². The average molecular weight is 407 g/mol. The summed E-state index contributed by atoms with van der Waals surface area (Å²) >= 11 is 0. The van der Waals surface area contributed by atoms with Crippen LogP contribution in [0.15, 0.2) is 41.3 Å². The first-order valence-electron chi connectivity index (χ1n) is 8.83. The van der Waals surface area contributed by atoms with Crippen LogP contribution in [0.4, 0.5) is 5.69 Å². The Balaban J connectivity index is 2.15. The van der Waals surface area contributed by atoms with Crippen LogP contribution < -0.4 is 14.8 Å². The summed E-state index contributed by atoms with van der Waals surface area (Å²) in [6.45, 7) is 5.81. The van der Waals surface area contributed by atoms with Gasteiger partial charge in [0, 0.05) is 19.8 Å². The summed E-state index contributed by atoms with van der Waals surface area (Å²) in [6.07, 6.45) is 0. The number of hydrogen-bond donors (Lipinski definition) is 1. The largest absolute Gasteiger partial charge is 0.492 e. The summed E-state index contributed by atoms with van der Waals surface area (Å²) in [5, 5.41) is 2.66. The molecular formula is C20H26N2O5S. The highest BCUT2D eigenvalue weighted by Gasteiger charge is 2.23. The highest BCUT2D eigenvalue weighted by molar-refractivity contribution is 7.89. The molecule has 0 aliphatic carbocycles. The average Bonchev–Trinajstić information content (AvgIpc) is 2.60. The van der Waals surface area contributed by atoms with Crippen molar-refractivity contribution in [1.82, 2.24) is 4.31 Å². The Morgan fingerprint density at radius 1 is 1.04 bits per heavy atom. The van der Waals surface area contributed by atoms with Crippen molar-refractivity contribution in [3.8, 4) is 11.5 Å². The highest BCUT2D eigenvalue weighted by atomic mass is 32.2. The van der Waals surface area contributed by atoms with Gasteiger partial charge in [-0.05, 0) is 62.2 Å². The van der Waals surface area contributed by atoms with Crippen molar-refractivity contribution in [1.29, 1.82) is 0 Å². The van der Waals surface area contributed by atoms with E-state index in [1.807, 2.05) is 32.0 Å². The van der Waals surface area contributed by atoms with Crippen molar-refractivity contribution in [3.05, 3.63) is 47.5 Å². The van der Waals surface area contributed by atoms with Crippen LogP contribution in [0.2, 0.25) is 0 Å². The minimum atomic E-state index is -3.73. The predicted molar refractivity (Wildman–Crippen MR) is 109 cm³/mol. The summed E-state index contributed by atoms with van der Waals surface area (Å²) in [5.74, 6) is 0.451. The van der Waals surface area contributed by atoms with Crippen molar-refractivity contribution in [2.75, 3.05) is 32.6 Å². The molecule has 8 heteroatoms. The van der Waals surface area contributed by atoms with Crippen molar-refractivity contribution in [3.63, 3.8) is 0 Å². The molecule has 0 bridgehead atoms. The number of benzene rings is 2. The van der Waals surface area contributed by atoms with Crippen LogP contribution in [-0.2, 0) is 14.8 Å². The summed E-state index contributed by atoms with van der Waals surface area (Å²) in [6, 6.07) is 10.2. The second-order valence-corrected chi connectivity index (χ2v) is 8.66. The standard InChI is InChI=1S/C20H26N2O5S/c1-6-26-18-8-7-16(12-19(18)28(24,25)22(4)5)21-20(23)13-27-17-10-14(2)9-15(3)11-17/h7-12H,6,13H2,1-5H3,(H,21,23). The van der Waals surface area contributed by atoms with E-state index in [-0.39, 0.29) is 17.3 Å². The lowest BCUT2D eigenvalue weighted by molar-refractivity contribution is -0.118. The number of nitrogens with zero attached hydrogens (tertiary/aromatic N) is 1. The molecule has 2 aromatic carbocycles. The van der Waals surface area contributed by atoms with Gasteiger partial charge in [-0.2, -0.15) is 0 Å². The maximum atomic E-state index is 12.5. The van der Waals surface area contributed by atoms with Crippen molar-refractivity contribution in [2.45, 2.75) is 25.7 Å². The number of rotatable bonds is 8. The number of nitrogens with one attached hydrogen (secondary N) is 1. The fourth-order valence-electron chi connectivity index (χ4n) is 2.62. The Kier molecular flexibility index (Phi) is 7.04. The van der Waals surface area contributed by atoms with Gasteiger partial charge in [0.1, 0.15) is 16.4 Å². The zero-order valence-corrected chi connectivity index (χ0v) is 17.6. The molecule has 1 amide bonds. The molecule has 7 nitrogen and oxygen atoms in total. The first-order chi connectivity index (χ1) is 13.1. The topological polar surface area (TPSA) is 84.9 Å². The molecule has 0 atom stereocenters. The van der Waals surface area contributed by atoms with Crippen LogP contribution in [0.1, 0.15) is 18.1 Å². The summed E-state index contributed by atoms with van der Waals surface area (Å²) in [4.78, 5) is 12.2. The molecule has 2 aromatic rings. The fraction of sp³-hybridized carbons (Fsp3) is 0.350. The van der Waals surface area contributed by atoms with Crippen LogP contribution in [0.3, 0.4) is 0 Å². The number of ether oxygens (including phenoxy) is 2. The molecule has 0 heterocycles. The maximum Gasteiger partial charge on any atom is 0.262 e. The molecule has 0 radical (unpaired) electrons. The van der Waals surface area contributed by atoms with Gasteiger partial charge in [-0.1, -0.05) is 6.07 Å². The first-order valence-corrected chi connectivity index (χ1v) is 10.3. The van der Waals surface area contributed by atoms with Gasteiger partial charge >= 0.3 is 0 Å². The SMILES string of the molecule is CCOc1ccc(NC(=O)COc2cc(C)cc(C)c2)cc1S(=O)(=O)N(C)C. The predicted octanol–water partition coefficient (Wildman–Crippen LogP) is 2.97. The van der Waals surface area contributed by atoms with Gasteiger partial charge in [-0.15, -0.1) is 0 Å². The lowest BCUT2D eigenvalue weighted by Gasteiger charge is -2.16. The molecule has 152 valence electrons. The van der Waals surface area contributed by atoms with Gasteiger partial charge in [-0.3, -0.25) is 4.79 Å². The quantitative estimate of drug-likeness (QED) is 0.729. The monoisotopic (exact) mass is 406 g/mol. The molecule has 0 aliphatic rings. The molecule has 0 unspecified atom stereocenters. The molecule has 0 spiro atoms. The van der Waals surface area contributed by atoms with Crippen molar-refractivity contribution in [2.24, 2.45) is 0 Å². The van der Waals surface area contributed by atoms with E-state index < -0.39 is 15.9 Å². The number of carbonyl (C=O) groups is 1. The highest BCUT2D eigenvalue weighted by Crippen LogP contribution is 2.29.